The van der Waals surface area contributed by atoms with Crippen LogP contribution in [-0.2, 0) is 0 Å². The summed E-state index contributed by atoms with van der Waals surface area (Å²) in [5.41, 5.74) is 0.977. The molecule has 0 radical (unpaired) electrons. The Morgan fingerprint density at radius 1 is 1.44 bits per heavy atom. The van der Waals surface area contributed by atoms with Crippen LogP contribution in [0.2, 0.25) is 5.15 Å². The molecule has 16 heavy (non-hydrogen) atoms. The van der Waals surface area contributed by atoms with Crippen LogP contribution in [0.3, 0.4) is 0 Å². The number of hydrogen-bond donors (Lipinski definition) is 0. The molecule has 0 aliphatic rings. The van der Waals surface area contributed by atoms with Gasteiger partial charge in [-0.25, -0.2) is 4.98 Å². The van der Waals surface area contributed by atoms with Gasteiger partial charge in [0.05, 0.1) is 12.0 Å². The Kier molecular flexibility index (Phi) is 3.13. The highest BCUT2D eigenvalue weighted by atomic mass is 79.9. The van der Waals surface area contributed by atoms with Gasteiger partial charge in [0.15, 0.2) is 0 Å². The standard InChI is InChI=1S/C12H8BrClN2/c1-7(5-15)8-2-3-11(13)10-6-16-12(14)4-9(8)10/h2-4,6-7H,1H3. The molecule has 0 aliphatic heterocycles. The fourth-order valence-electron chi connectivity index (χ4n) is 1.65. The van der Waals surface area contributed by atoms with Gasteiger partial charge in [0.1, 0.15) is 5.15 Å². The summed E-state index contributed by atoms with van der Waals surface area (Å²) in [5.74, 6) is -0.158. The van der Waals surface area contributed by atoms with Crippen molar-refractivity contribution in [1.82, 2.24) is 4.98 Å². The molecule has 1 heterocycles. The minimum Gasteiger partial charge on any atom is -0.244 e. The van der Waals surface area contributed by atoms with E-state index in [-0.39, 0.29) is 5.92 Å². The summed E-state index contributed by atoms with van der Waals surface area (Å²) in [7, 11) is 0. The number of benzene rings is 1. The van der Waals surface area contributed by atoms with E-state index in [1.54, 1.807) is 12.3 Å². The van der Waals surface area contributed by atoms with Crippen LogP contribution in [-0.4, -0.2) is 4.98 Å². The molecule has 1 atom stereocenters. The zero-order chi connectivity index (χ0) is 11.7. The highest BCUT2D eigenvalue weighted by Gasteiger charge is 2.11. The van der Waals surface area contributed by atoms with Gasteiger partial charge < -0.3 is 0 Å². The van der Waals surface area contributed by atoms with Crippen LogP contribution in [0.15, 0.2) is 28.9 Å². The minimum atomic E-state index is -0.158. The van der Waals surface area contributed by atoms with Gasteiger partial charge in [0.25, 0.3) is 0 Å². The molecule has 0 amide bonds. The SMILES string of the molecule is CC(C#N)c1ccc(Br)c2cnc(Cl)cc12. The van der Waals surface area contributed by atoms with E-state index in [0.717, 1.165) is 20.8 Å². The van der Waals surface area contributed by atoms with Gasteiger partial charge in [-0.3, -0.25) is 0 Å². The summed E-state index contributed by atoms with van der Waals surface area (Å²) in [6.45, 7) is 1.87. The van der Waals surface area contributed by atoms with Crippen molar-refractivity contribution in [2.45, 2.75) is 12.8 Å². The summed E-state index contributed by atoms with van der Waals surface area (Å²) in [6.07, 6.45) is 1.72. The summed E-state index contributed by atoms with van der Waals surface area (Å²) in [4.78, 5) is 4.05. The third-order valence-corrected chi connectivity index (χ3v) is 3.41. The number of fused-ring (bicyclic) bond motifs is 1. The smallest absolute Gasteiger partial charge is 0.129 e. The molecule has 0 fully saturated rings. The molecule has 0 N–H and O–H groups in total. The monoisotopic (exact) mass is 294 g/mol. The number of halogens is 2. The van der Waals surface area contributed by atoms with Crippen molar-refractivity contribution in [3.05, 3.63) is 39.6 Å². The number of rotatable bonds is 1. The second-order valence-corrected chi connectivity index (χ2v) is 4.78. The van der Waals surface area contributed by atoms with E-state index >= 15 is 0 Å². The third kappa shape index (κ3) is 1.91. The van der Waals surface area contributed by atoms with Crippen molar-refractivity contribution in [3.63, 3.8) is 0 Å². The number of nitriles is 1. The molecule has 1 unspecified atom stereocenters. The normalized spacial score (nSPS) is 12.4. The van der Waals surface area contributed by atoms with Gasteiger partial charge in [0, 0.05) is 16.1 Å². The van der Waals surface area contributed by atoms with E-state index in [0.29, 0.717) is 5.15 Å². The van der Waals surface area contributed by atoms with Crippen LogP contribution in [0.4, 0.5) is 0 Å². The molecule has 0 spiro atoms. The van der Waals surface area contributed by atoms with Gasteiger partial charge in [-0.15, -0.1) is 0 Å². The molecule has 1 aromatic heterocycles. The average Bonchev–Trinajstić information content (AvgIpc) is 2.28. The Bertz CT molecular complexity index is 589. The Morgan fingerprint density at radius 2 is 2.19 bits per heavy atom. The lowest BCUT2D eigenvalue weighted by atomic mass is 9.97. The van der Waals surface area contributed by atoms with Crippen LogP contribution in [0.5, 0.6) is 0 Å². The van der Waals surface area contributed by atoms with E-state index < -0.39 is 0 Å². The maximum absolute atomic E-state index is 8.98. The van der Waals surface area contributed by atoms with E-state index in [1.807, 2.05) is 19.1 Å². The highest BCUT2D eigenvalue weighted by molar-refractivity contribution is 9.10. The quantitative estimate of drug-likeness (QED) is 0.736. The third-order valence-electron chi connectivity index (χ3n) is 2.51. The predicted octanol–water partition coefficient (Wildman–Crippen LogP) is 4.28. The molecule has 0 saturated heterocycles. The highest BCUT2D eigenvalue weighted by Crippen LogP contribution is 2.31. The lowest BCUT2D eigenvalue weighted by Crippen LogP contribution is -1.92. The van der Waals surface area contributed by atoms with Crippen LogP contribution in [0.1, 0.15) is 18.4 Å². The number of hydrogen-bond acceptors (Lipinski definition) is 2. The van der Waals surface area contributed by atoms with Crippen molar-refractivity contribution < 1.29 is 0 Å². The molecule has 80 valence electrons. The van der Waals surface area contributed by atoms with E-state index in [4.69, 9.17) is 16.9 Å². The fraction of sp³-hybridized carbons (Fsp3) is 0.167. The van der Waals surface area contributed by atoms with Gasteiger partial charge in [-0.05, 0) is 30.0 Å². The number of pyridine rings is 1. The average molecular weight is 296 g/mol. The molecule has 0 bridgehead atoms. The molecule has 0 aliphatic carbocycles. The van der Waals surface area contributed by atoms with Gasteiger partial charge >= 0.3 is 0 Å². The second kappa shape index (κ2) is 4.40. The molecule has 2 nitrogen and oxygen atoms in total. The first-order valence-corrected chi connectivity index (χ1v) is 5.94. The lowest BCUT2D eigenvalue weighted by Gasteiger charge is -2.09. The summed E-state index contributed by atoms with van der Waals surface area (Å²) < 4.78 is 0.959. The molecular formula is C12H8BrClN2. The van der Waals surface area contributed by atoms with Crippen molar-refractivity contribution >= 4 is 38.3 Å². The van der Waals surface area contributed by atoms with Crippen LogP contribution >= 0.6 is 27.5 Å². The number of aromatic nitrogens is 1. The van der Waals surface area contributed by atoms with Crippen molar-refractivity contribution in [3.8, 4) is 6.07 Å². The molecule has 2 rings (SSSR count). The molecule has 1 aromatic carbocycles. The molecule has 4 heteroatoms. The Morgan fingerprint density at radius 3 is 2.88 bits per heavy atom. The predicted molar refractivity (Wildman–Crippen MR) is 68.5 cm³/mol. The first-order chi connectivity index (χ1) is 7.63. The molecule has 2 aromatic rings. The zero-order valence-corrected chi connectivity index (χ0v) is 10.9. The first-order valence-electron chi connectivity index (χ1n) is 4.76. The Labute approximate surface area is 107 Å². The molecular weight excluding hydrogens is 288 g/mol. The summed E-state index contributed by atoms with van der Waals surface area (Å²) in [5, 5.41) is 11.4. The lowest BCUT2D eigenvalue weighted by molar-refractivity contribution is 0.993. The fourth-order valence-corrected chi connectivity index (χ4v) is 2.25. The van der Waals surface area contributed by atoms with Crippen molar-refractivity contribution in [1.29, 1.82) is 5.26 Å². The van der Waals surface area contributed by atoms with Gasteiger partial charge in [-0.1, -0.05) is 33.6 Å². The van der Waals surface area contributed by atoms with Crippen LogP contribution in [0, 0.1) is 11.3 Å². The number of nitrogens with zero attached hydrogens (tertiary/aromatic N) is 2. The van der Waals surface area contributed by atoms with Crippen molar-refractivity contribution in [2.75, 3.05) is 0 Å². The largest absolute Gasteiger partial charge is 0.244 e. The first kappa shape index (κ1) is 11.4. The topological polar surface area (TPSA) is 36.7 Å². The Hall–Kier alpha value is -1.11. The van der Waals surface area contributed by atoms with Crippen LogP contribution < -0.4 is 0 Å². The van der Waals surface area contributed by atoms with Gasteiger partial charge in [-0.2, -0.15) is 5.26 Å². The zero-order valence-electron chi connectivity index (χ0n) is 8.54. The molecule has 0 saturated carbocycles. The van der Waals surface area contributed by atoms with E-state index in [2.05, 4.69) is 27.0 Å². The van der Waals surface area contributed by atoms with E-state index in [1.165, 1.54) is 0 Å². The summed E-state index contributed by atoms with van der Waals surface area (Å²) >= 11 is 9.34. The second-order valence-electron chi connectivity index (χ2n) is 3.54. The maximum atomic E-state index is 8.98. The summed E-state index contributed by atoms with van der Waals surface area (Å²) in [6, 6.07) is 7.90. The maximum Gasteiger partial charge on any atom is 0.129 e. The van der Waals surface area contributed by atoms with E-state index in [9.17, 15) is 0 Å². The van der Waals surface area contributed by atoms with Crippen molar-refractivity contribution in [2.24, 2.45) is 0 Å². The van der Waals surface area contributed by atoms with Crippen LogP contribution in [0.25, 0.3) is 10.8 Å². The Balaban J connectivity index is 2.82. The van der Waals surface area contributed by atoms with Gasteiger partial charge in [0.2, 0.25) is 0 Å². The minimum absolute atomic E-state index is 0.158.